The quantitative estimate of drug-likeness (QED) is 0.495. The summed E-state index contributed by atoms with van der Waals surface area (Å²) in [5.41, 5.74) is 2.41. The SMILES string of the molecule is C=C/C(=C\N=C)C1=CCNCC1. The minimum atomic E-state index is 0.942. The van der Waals surface area contributed by atoms with Crippen molar-refractivity contribution < 1.29 is 0 Å². The van der Waals surface area contributed by atoms with Gasteiger partial charge in [0.15, 0.2) is 0 Å². The zero-order valence-corrected chi connectivity index (χ0v) is 7.21. The van der Waals surface area contributed by atoms with E-state index in [0.29, 0.717) is 0 Å². The van der Waals surface area contributed by atoms with Gasteiger partial charge in [0.1, 0.15) is 0 Å². The van der Waals surface area contributed by atoms with Crippen molar-refractivity contribution in [2.24, 2.45) is 4.99 Å². The molecular weight excluding hydrogens is 148 g/mol. The summed E-state index contributed by atoms with van der Waals surface area (Å²) < 4.78 is 0. The molecule has 1 aliphatic heterocycles. The standard InChI is InChI=1S/C10H14N2/c1-3-9(8-11-2)10-4-6-12-7-5-10/h3-4,8,12H,1-2,5-7H2/b9-8+. The molecule has 2 heteroatoms. The van der Waals surface area contributed by atoms with E-state index in [-0.39, 0.29) is 0 Å². The van der Waals surface area contributed by atoms with Crippen LogP contribution in [-0.2, 0) is 0 Å². The summed E-state index contributed by atoms with van der Waals surface area (Å²) in [6, 6.07) is 0. The fourth-order valence-corrected chi connectivity index (χ4v) is 1.25. The third-order valence-electron chi connectivity index (χ3n) is 1.88. The monoisotopic (exact) mass is 162 g/mol. The van der Waals surface area contributed by atoms with Crippen molar-refractivity contribution in [3.8, 4) is 0 Å². The van der Waals surface area contributed by atoms with Gasteiger partial charge in [-0.1, -0.05) is 18.7 Å². The third-order valence-corrected chi connectivity index (χ3v) is 1.88. The van der Waals surface area contributed by atoms with Crippen molar-refractivity contribution in [1.82, 2.24) is 5.32 Å². The Morgan fingerprint density at radius 2 is 2.50 bits per heavy atom. The van der Waals surface area contributed by atoms with Crippen molar-refractivity contribution in [1.29, 1.82) is 0 Å². The van der Waals surface area contributed by atoms with Gasteiger partial charge >= 0.3 is 0 Å². The van der Waals surface area contributed by atoms with Crippen LogP contribution in [0.4, 0.5) is 0 Å². The van der Waals surface area contributed by atoms with Gasteiger partial charge in [-0.2, -0.15) is 0 Å². The lowest BCUT2D eigenvalue weighted by Crippen LogP contribution is -2.20. The largest absolute Gasteiger partial charge is 0.313 e. The van der Waals surface area contributed by atoms with Gasteiger partial charge < -0.3 is 5.32 Å². The summed E-state index contributed by atoms with van der Waals surface area (Å²) in [6.45, 7) is 9.14. The first kappa shape index (κ1) is 8.94. The molecule has 2 nitrogen and oxygen atoms in total. The van der Waals surface area contributed by atoms with Crippen LogP contribution >= 0.6 is 0 Å². The molecule has 1 N–H and O–H groups in total. The summed E-state index contributed by atoms with van der Waals surface area (Å²) in [5.74, 6) is 0. The zero-order chi connectivity index (χ0) is 8.81. The van der Waals surface area contributed by atoms with Gasteiger partial charge in [0.25, 0.3) is 0 Å². The zero-order valence-electron chi connectivity index (χ0n) is 7.21. The summed E-state index contributed by atoms with van der Waals surface area (Å²) >= 11 is 0. The van der Waals surface area contributed by atoms with Gasteiger partial charge in [-0.3, -0.25) is 4.99 Å². The lowest BCUT2D eigenvalue weighted by atomic mass is 10.0. The van der Waals surface area contributed by atoms with Crippen molar-refractivity contribution in [2.75, 3.05) is 13.1 Å². The Kier molecular flexibility index (Phi) is 3.48. The molecule has 0 unspecified atom stereocenters. The Bertz CT molecular complexity index is 236. The van der Waals surface area contributed by atoms with Crippen LogP contribution in [0, 0.1) is 0 Å². The fourth-order valence-electron chi connectivity index (χ4n) is 1.25. The molecule has 1 heterocycles. The minimum Gasteiger partial charge on any atom is -0.313 e. The molecule has 12 heavy (non-hydrogen) atoms. The second-order valence-corrected chi connectivity index (χ2v) is 2.65. The molecule has 1 rings (SSSR count). The van der Waals surface area contributed by atoms with Gasteiger partial charge in [-0.05, 0) is 30.8 Å². The number of nitrogens with zero attached hydrogens (tertiary/aromatic N) is 1. The molecule has 0 saturated heterocycles. The minimum absolute atomic E-state index is 0.942. The highest BCUT2D eigenvalue weighted by Crippen LogP contribution is 2.16. The van der Waals surface area contributed by atoms with E-state index in [1.807, 2.05) is 6.08 Å². The van der Waals surface area contributed by atoms with Crippen molar-refractivity contribution in [2.45, 2.75) is 6.42 Å². The van der Waals surface area contributed by atoms with E-state index in [1.165, 1.54) is 5.57 Å². The predicted octanol–water partition coefficient (Wildman–Crippen LogP) is 1.68. The Hall–Kier alpha value is -1.15. The third kappa shape index (κ3) is 2.17. The second kappa shape index (κ2) is 4.67. The van der Waals surface area contributed by atoms with Gasteiger partial charge in [-0.25, -0.2) is 0 Å². The first-order chi connectivity index (χ1) is 5.88. The van der Waals surface area contributed by atoms with Crippen LogP contribution in [0.5, 0.6) is 0 Å². The lowest BCUT2D eigenvalue weighted by Gasteiger charge is -2.13. The van der Waals surface area contributed by atoms with E-state index < -0.39 is 0 Å². The molecule has 0 saturated carbocycles. The Balaban J connectivity index is 2.77. The fraction of sp³-hybridized carbons (Fsp3) is 0.300. The molecule has 0 aromatic heterocycles. The maximum absolute atomic E-state index is 3.74. The highest BCUT2D eigenvalue weighted by atomic mass is 14.8. The second-order valence-electron chi connectivity index (χ2n) is 2.65. The molecule has 0 spiro atoms. The highest BCUT2D eigenvalue weighted by molar-refractivity contribution is 5.41. The summed E-state index contributed by atoms with van der Waals surface area (Å²) in [4.78, 5) is 3.74. The molecule has 0 atom stereocenters. The molecule has 64 valence electrons. The Morgan fingerprint density at radius 3 is 3.00 bits per heavy atom. The first-order valence-corrected chi connectivity index (χ1v) is 4.07. The van der Waals surface area contributed by atoms with Crippen LogP contribution in [-0.4, -0.2) is 19.8 Å². The highest BCUT2D eigenvalue weighted by Gasteiger charge is 2.04. The topological polar surface area (TPSA) is 24.4 Å². The van der Waals surface area contributed by atoms with Gasteiger partial charge in [0.2, 0.25) is 0 Å². The van der Waals surface area contributed by atoms with E-state index in [1.54, 1.807) is 6.20 Å². The molecular formula is C10H14N2. The van der Waals surface area contributed by atoms with Crippen molar-refractivity contribution >= 4 is 6.72 Å². The normalized spacial score (nSPS) is 18.3. The maximum atomic E-state index is 3.74. The summed E-state index contributed by atoms with van der Waals surface area (Å²) in [7, 11) is 0. The van der Waals surface area contributed by atoms with E-state index >= 15 is 0 Å². The Labute approximate surface area is 73.4 Å². The number of hydrogen-bond acceptors (Lipinski definition) is 2. The molecule has 0 aliphatic carbocycles. The van der Waals surface area contributed by atoms with Gasteiger partial charge in [0.05, 0.1) is 0 Å². The molecule has 0 bridgehead atoms. The molecule has 0 radical (unpaired) electrons. The van der Waals surface area contributed by atoms with E-state index in [9.17, 15) is 0 Å². The van der Waals surface area contributed by atoms with E-state index in [4.69, 9.17) is 0 Å². The van der Waals surface area contributed by atoms with Crippen molar-refractivity contribution in [3.63, 3.8) is 0 Å². The number of allylic oxidation sites excluding steroid dienone is 2. The number of hydrogen-bond donors (Lipinski definition) is 1. The smallest absolute Gasteiger partial charge is 0.0335 e. The van der Waals surface area contributed by atoms with E-state index in [0.717, 1.165) is 25.1 Å². The molecule has 0 aromatic rings. The van der Waals surface area contributed by atoms with Crippen LogP contribution in [0.25, 0.3) is 0 Å². The lowest BCUT2D eigenvalue weighted by molar-refractivity contribution is 0.709. The molecule has 1 aliphatic rings. The average molecular weight is 162 g/mol. The first-order valence-electron chi connectivity index (χ1n) is 4.07. The van der Waals surface area contributed by atoms with Gasteiger partial charge in [0, 0.05) is 12.7 Å². The van der Waals surface area contributed by atoms with E-state index in [2.05, 4.69) is 29.7 Å². The van der Waals surface area contributed by atoms with Crippen LogP contribution < -0.4 is 5.32 Å². The summed E-state index contributed by atoms with van der Waals surface area (Å²) in [5, 5.41) is 3.25. The van der Waals surface area contributed by atoms with Crippen LogP contribution in [0.1, 0.15) is 6.42 Å². The molecule has 0 fully saturated rings. The number of nitrogens with one attached hydrogen (secondary N) is 1. The van der Waals surface area contributed by atoms with Crippen LogP contribution in [0.2, 0.25) is 0 Å². The van der Waals surface area contributed by atoms with Gasteiger partial charge in [-0.15, -0.1) is 0 Å². The number of rotatable bonds is 3. The molecule has 0 aromatic carbocycles. The Morgan fingerprint density at radius 1 is 1.67 bits per heavy atom. The van der Waals surface area contributed by atoms with Crippen molar-refractivity contribution in [3.05, 3.63) is 36.1 Å². The summed E-state index contributed by atoms with van der Waals surface area (Å²) in [6.07, 6.45) is 6.80. The van der Waals surface area contributed by atoms with Crippen LogP contribution in [0.3, 0.4) is 0 Å². The average Bonchev–Trinajstić information content (AvgIpc) is 2.15. The maximum Gasteiger partial charge on any atom is 0.0335 e. The van der Waals surface area contributed by atoms with Crippen LogP contribution in [0.15, 0.2) is 41.1 Å². The number of aliphatic imine (C=N–C) groups is 1. The molecule has 0 amide bonds. The predicted molar refractivity (Wildman–Crippen MR) is 53.4 cm³/mol.